The van der Waals surface area contributed by atoms with Gasteiger partial charge in [-0.05, 0) is 58.0 Å². The zero-order valence-corrected chi connectivity index (χ0v) is 16.1. The highest BCUT2D eigenvalue weighted by Crippen LogP contribution is 2.35. The number of fused-ring (bicyclic) bond motifs is 1. The van der Waals surface area contributed by atoms with Gasteiger partial charge in [-0.25, -0.2) is 4.39 Å². The fourth-order valence-corrected chi connectivity index (χ4v) is 4.16. The molecule has 0 bridgehead atoms. The number of carbonyl (C=O) groups is 1. The van der Waals surface area contributed by atoms with Gasteiger partial charge in [0.2, 0.25) is 0 Å². The summed E-state index contributed by atoms with van der Waals surface area (Å²) in [5, 5.41) is 3.91. The number of nitrogens with one attached hydrogen (secondary N) is 1. The summed E-state index contributed by atoms with van der Waals surface area (Å²) < 4.78 is 13.4. The van der Waals surface area contributed by atoms with E-state index in [2.05, 4.69) is 36.2 Å². The fraction of sp³-hybridized carbons (Fsp3) is 0.524. The first-order chi connectivity index (χ1) is 12.3. The van der Waals surface area contributed by atoms with Crippen LogP contribution >= 0.6 is 0 Å². The number of pyridine rings is 1. The van der Waals surface area contributed by atoms with E-state index in [0.717, 1.165) is 18.2 Å². The number of hydrogen-bond donors (Lipinski definition) is 1. The molecule has 0 aliphatic heterocycles. The summed E-state index contributed by atoms with van der Waals surface area (Å²) in [5.74, 6) is 0.239. The molecular formula is C21H28FN3O. The minimum absolute atomic E-state index is 0.00857. The van der Waals surface area contributed by atoms with Gasteiger partial charge in [-0.3, -0.25) is 9.78 Å². The van der Waals surface area contributed by atoms with Crippen LogP contribution in [0.1, 0.15) is 48.7 Å². The average Bonchev–Trinajstić information content (AvgIpc) is 2.59. The predicted octanol–water partition coefficient (Wildman–Crippen LogP) is 3.92. The number of hydrogen-bond acceptors (Lipinski definition) is 3. The highest BCUT2D eigenvalue weighted by atomic mass is 19.1. The van der Waals surface area contributed by atoms with Crippen LogP contribution in [0.3, 0.4) is 0 Å². The Hall–Kier alpha value is -2.01. The number of likely N-dealkylation sites (N-methyl/N-ethyl adjacent to an activating group) is 1. The van der Waals surface area contributed by atoms with Crippen molar-refractivity contribution in [1.82, 2.24) is 15.2 Å². The normalized spacial score (nSPS) is 23.4. The third-order valence-electron chi connectivity index (χ3n) is 5.81. The lowest BCUT2D eigenvalue weighted by Gasteiger charge is -2.45. The van der Waals surface area contributed by atoms with Gasteiger partial charge in [-0.15, -0.1) is 0 Å². The summed E-state index contributed by atoms with van der Waals surface area (Å²) in [7, 11) is 4.20. The molecular weight excluding hydrogens is 329 g/mol. The standard InChI is InChI=1S/C21H28FN3O/c1-14-6-5-9-21(12-14,25(3)4)13-23-20(26)18-10-16-7-8-17(22)11-19(16)24-15(18)2/h7-8,10-11,14H,5-6,9,12-13H2,1-4H3,(H,23,26). The molecule has 0 radical (unpaired) electrons. The van der Waals surface area contributed by atoms with Crippen molar-refractivity contribution in [1.29, 1.82) is 0 Å². The van der Waals surface area contributed by atoms with Crippen LogP contribution in [-0.2, 0) is 0 Å². The van der Waals surface area contributed by atoms with Crippen molar-refractivity contribution in [3.63, 3.8) is 0 Å². The Kier molecular flexibility index (Phi) is 5.28. The van der Waals surface area contributed by atoms with Gasteiger partial charge in [0.15, 0.2) is 0 Å². The molecule has 26 heavy (non-hydrogen) atoms. The van der Waals surface area contributed by atoms with Gasteiger partial charge >= 0.3 is 0 Å². The molecule has 0 saturated heterocycles. The molecule has 2 aromatic rings. The average molecular weight is 357 g/mol. The van der Waals surface area contributed by atoms with Gasteiger partial charge in [-0.2, -0.15) is 0 Å². The summed E-state index contributed by atoms with van der Waals surface area (Å²) in [6.07, 6.45) is 4.64. The summed E-state index contributed by atoms with van der Waals surface area (Å²) in [6, 6.07) is 6.26. The van der Waals surface area contributed by atoms with E-state index in [1.165, 1.54) is 25.0 Å². The highest BCUT2D eigenvalue weighted by molar-refractivity contribution is 5.98. The SMILES string of the molecule is Cc1nc2cc(F)ccc2cc1C(=O)NCC1(N(C)C)CCCC(C)C1. The lowest BCUT2D eigenvalue weighted by molar-refractivity contribution is 0.0674. The minimum atomic E-state index is -0.319. The highest BCUT2D eigenvalue weighted by Gasteiger charge is 2.37. The molecule has 140 valence electrons. The molecule has 1 aromatic heterocycles. The molecule has 1 fully saturated rings. The van der Waals surface area contributed by atoms with E-state index in [9.17, 15) is 9.18 Å². The molecule has 1 saturated carbocycles. The van der Waals surface area contributed by atoms with Gasteiger partial charge in [0, 0.05) is 23.5 Å². The molecule has 1 aliphatic carbocycles. The number of aryl methyl sites for hydroxylation is 1. The fourth-order valence-electron chi connectivity index (χ4n) is 4.16. The quantitative estimate of drug-likeness (QED) is 0.902. The largest absolute Gasteiger partial charge is 0.350 e. The molecule has 1 aromatic carbocycles. The molecule has 2 unspecified atom stereocenters. The first kappa shape index (κ1) is 18.8. The number of benzene rings is 1. The minimum Gasteiger partial charge on any atom is -0.350 e. The molecule has 3 rings (SSSR count). The topological polar surface area (TPSA) is 45.2 Å². The van der Waals surface area contributed by atoms with Crippen molar-refractivity contribution in [3.05, 3.63) is 41.3 Å². The lowest BCUT2D eigenvalue weighted by Crippen LogP contribution is -2.55. The van der Waals surface area contributed by atoms with Crippen LogP contribution in [0.2, 0.25) is 0 Å². The van der Waals surface area contributed by atoms with E-state index in [1.54, 1.807) is 19.1 Å². The number of aromatic nitrogens is 1. The van der Waals surface area contributed by atoms with Gasteiger partial charge < -0.3 is 10.2 Å². The van der Waals surface area contributed by atoms with Crippen LogP contribution in [0.5, 0.6) is 0 Å². The van der Waals surface area contributed by atoms with E-state index >= 15 is 0 Å². The zero-order valence-electron chi connectivity index (χ0n) is 16.1. The number of halogens is 1. The number of amides is 1. The second-order valence-electron chi connectivity index (χ2n) is 7.96. The lowest BCUT2D eigenvalue weighted by atomic mass is 9.75. The van der Waals surface area contributed by atoms with Gasteiger partial charge in [0.25, 0.3) is 5.91 Å². The molecule has 2 atom stereocenters. The second kappa shape index (κ2) is 7.31. The number of carbonyl (C=O) groups excluding carboxylic acids is 1. The van der Waals surface area contributed by atoms with Crippen LogP contribution in [0.25, 0.3) is 10.9 Å². The predicted molar refractivity (Wildman–Crippen MR) is 103 cm³/mol. The van der Waals surface area contributed by atoms with Crippen molar-refractivity contribution >= 4 is 16.8 Å². The van der Waals surface area contributed by atoms with E-state index in [-0.39, 0.29) is 17.3 Å². The third kappa shape index (κ3) is 3.73. The molecule has 1 N–H and O–H groups in total. The van der Waals surface area contributed by atoms with Crippen LogP contribution < -0.4 is 5.32 Å². The Balaban J connectivity index is 1.80. The Morgan fingerprint density at radius 1 is 1.38 bits per heavy atom. The Morgan fingerprint density at radius 2 is 2.15 bits per heavy atom. The number of nitrogens with zero attached hydrogens (tertiary/aromatic N) is 2. The molecule has 1 heterocycles. The van der Waals surface area contributed by atoms with Gasteiger partial charge in [0.1, 0.15) is 5.82 Å². The Labute approximate surface area is 154 Å². The van der Waals surface area contributed by atoms with Crippen LogP contribution in [0.4, 0.5) is 4.39 Å². The van der Waals surface area contributed by atoms with Crippen molar-refractivity contribution < 1.29 is 9.18 Å². The van der Waals surface area contributed by atoms with Gasteiger partial charge in [-0.1, -0.05) is 19.8 Å². The van der Waals surface area contributed by atoms with Crippen molar-refractivity contribution in [2.75, 3.05) is 20.6 Å². The van der Waals surface area contributed by atoms with E-state index in [0.29, 0.717) is 29.2 Å². The number of rotatable bonds is 4. The summed E-state index contributed by atoms with van der Waals surface area (Å²) >= 11 is 0. The molecule has 1 aliphatic rings. The van der Waals surface area contributed by atoms with E-state index in [4.69, 9.17) is 0 Å². The van der Waals surface area contributed by atoms with Crippen LogP contribution in [0.15, 0.2) is 24.3 Å². The maximum absolute atomic E-state index is 13.4. The molecule has 5 heteroatoms. The first-order valence-corrected chi connectivity index (χ1v) is 9.33. The summed E-state index contributed by atoms with van der Waals surface area (Å²) in [6.45, 7) is 4.71. The first-order valence-electron chi connectivity index (χ1n) is 9.33. The van der Waals surface area contributed by atoms with Crippen molar-refractivity contribution in [2.45, 2.75) is 45.1 Å². The van der Waals surface area contributed by atoms with Crippen LogP contribution in [0, 0.1) is 18.7 Å². The molecule has 0 spiro atoms. The second-order valence-corrected chi connectivity index (χ2v) is 7.96. The van der Waals surface area contributed by atoms with E-state index < -0.39 is 0 Å². The zero-order chi connectivity index (χ0) is 18.9. The molecule has 1 amide bonds. The smallest absolute Gasteiger partial charge is 0.253 e. The van der Waals surface area contributed by atoms with Gasteiger partial charge in [0.05, 0.1) is 16.8 Å². The summed E-state index contributed by atoms with van der Waals surface area (Å²) in [5.41, 5.74) is 1.76. The Morgan fingerprint density at radius 3 is 2.85 bits per heavy atom. The van der Waals surface area contributed by atoms with Crippen molar-refractivity contribution in [2.24, 2.45) is 5.92 Å². The third-order valence-corrected chi connectivity index (χ3v) is 5.81. The Bertz CT molecular complexity index is 820. The molecule has 4 nitrogen and oxygen atoms in total. The maximum atomic E-state index is 13.4. The maximum Gasteiger partial charge on any atom is 0.253 e. The van der Waals surface area contributed by atoms with Crippen LogP contribution in [-0.4, -0.2) is 42.0 Å². The monoisotopic (exact) mass is 357 g/mol. The van der Waals surface area contributed by atoms with E-state index in [1.807, 2.05) is 0 Å². The van der Waals surface area contributed by atoms with Crippen molar-refractivity contribution in [3.8, 4) is 0 Å². The summed E-state index contributed by atoms with van der Waals surface area (Å²) in [4.78, 5) is 19.5.